The van der Waals surface area contributed by atoms with Crippen LogP contribution in [0.3, 0.4) is 0 Å². The maximum Gasteiger partial charge on any atom is 0.251 e. The fraction of sp³-hybridized carbons (Fsp3) is 0.429. The number of carbonyl (C=O) groups is 1. The third kappa shape index (κ3) is 4.96. The van der Waals surface area contributed by atoms with Gasteiger partial charge in [0.05, 0.1) is 10.6 Å². The van der Waals surface area contributed by atoms with E-state index in [0.717, 1.165) is 42.8 Å². The summed E-state index contributed by atoms with van der Waals surface area (Å²) >= 11 is 0. The van der Waals surface area contributed by atoms with Crippen molar-refractivity contribution in [1.29, 1.82) is 0 Å². The van der Waals surface area contributed by atoms with Crippen LogP contribution in [0, 0.1) is 5.82 Å². The fourth-order valence-corrected chi connectivity index (χ4v) is 5.17. The Morgan fingerprint density at radius 2 is 1.81 bits per heavy atom. The van der Waals surface area contributed by atoms with E-state index >= 15 is 0 Å². The van der Waals surface area contributed by atoms with Gasteiger partial charge in [0, 0.05) is 38.4 Å². The number of anilines is 2. The first-order chi connectivity index (χ1) is 14.8. The summed E-state index contributed by atoms with van der Waals surface area (Å²) < 4.78 is 42.2. The average Bonchev–Trinajstić information content (AvgIpc) is 3.26. The number of nitrogens with zero attached hydrogens (tertiary/aromatic N) is 3. The lowest BCUT2D eigenvalue weighted by atomic mass is 10.2. The van der Waals surface area contributed by atoms with Crippen molar-refractivity contribution in [2.45, 2.75) is 38.1 Å². The number of sulfonamides is 1. The minimum Gasteiger partial charge on any atom is -0.370 e. The minimum absolute atomic E-state index is 0.0642. The molecule has 1 fully saturated rings. The van der Waals surface area contributed by atoms with Crippen molar-refractivity contribution in [3.8, 4) is 0 Å². The highest BCUT2D eigenvalue weighted by Gasteiger charge is 2.23. The number of carbonyl (C=O) groups excluding carboxylic acids is 1. The van der Waals surface area contributed by atoms with Crippen molar-refractivity contribution in [1.82, 2.24) is 8.87 Å². The zero-order chi connectivity index (χ0) is 22.6. The molecule has 31 heavy (non-hydrogen) atoms. The number of pyridine rings is 1. The molecule has 0 unspecified atom stereocenters. The van der Waals surface area contributed by atoms with Gasteiger partial charge < -0.3 is 14.8 Å². The summed E-state index contributed by atoms with van der Waals surface area (Å²) in [5.41, 5.74) is 0.132. The normalized spacial score (nSPS) is 14.3. The van der Waals surface area contributed by atoms with Gasteiger partial charge in [-0.1, -0.05) is 19.9 Å². The number of hydrogen-bond donors (Lipinski definition) is 1. The van der Waals surface area contributed by atoms with E-state index in [-0.39, 0.29) is 23.7 Å². The quantitative estimate of drug-likeness (QED) is 0.666. The van der Waals surface area contributed by atoms with Gasteiger partial charge in [0.25, 0.3) is 5.56 Å². The van der Waals surface area contributed by atoms with Crippen LogP contribution in [0.4, 0.5) is 15.8 Å². The number of halogens is 1. The van der Waals surface area contributed by atoms with Gasteiger partial charge in [-0.2, -0.15) is 4.31 Å². The van der Waals surface area contributed by atoms with E-state index < -0.39 is 33.9 Å². The first-order valence-corrected chi connectivity index (χ1v) is 11.8. The number of nitrogens with one attached hydrogen (secondary N) is 1. The first-order valence-electron chi connectivity index (χ1n) is 10.3. The second kappa shape index (κ2) is 9.61. The minimum atomic E-state index is -3.78. The van der Waals surface area contributed by atoms with Crippen molar-refractivity contribution < 1.29 is 17.6 Å². The molecule has 0 atom stereocenters. The standard InChI is InChI=1S/C21H27FN4O4S/c1-3-26(4-2)31(29,30)16-10-11-20(28)25(14-16)15-19(27)23-21-17(22)8-7-9-18(21)24-12-5-6-13-24/h7-11,14H,3-6,12-13,15H2,1-2H3,(H,23,27). The molecule has 0 bridgehead atoms. The van der Waals surface area contributed by atoms with Crippen LogP contribution in [0.25, 0.3) is 0 Å². The van der Waals surface area contributed by atoms with Crippen LogP contribution in [0.15, 0.2) is 46.2 Å². The number of rotatable bonds is 8. The Kier molecular flexibility index (Phi) is 7.11. The van der Waals surface area contributed by atoms with Gasteiger partial charge in [0.1, 0.15) is 18.0 Å². The van der Waals surface area contributed by atoms with Gasteiger partial charge >= 0.3 is 0 Å². The van der Waals surface area contributed by atoms with E-state index in [9.17, 15) is 22.4 Å². The molecule has 0 saturated carbocycles. The first kappa shape index (κ1) is 23.0. The average molecular weight is 451 g/mol. The van der Waals surface area contributed by atoms with Gasteiger partial charge in [0.15, 0.2) is 0 Å². The van der Waals surface area contributed by atoms with Crippen LogP contribution >= 0.6 is 0 Å². The maximum atomic E-state index is 14.5. The number of hydrogen-bond acceptors (Lipinski definition) is 5. The zero-order valence-corrected chi connectivity index (χ0v) is 18.5. The molecule has 1 N–H and O–H groups in total. The van der Waals surface area contributed by atoms with Crippen LogP contribution in [0.2, 0.25) is 0 Å². The Labute approximate surface area is 181 Å². The monoisotopic (exact) mass is 450 g/mol. The summed E-state index contributed by atoms with van der Waals surface area (Å²) in [6.07, 6.45) is 3.14. The molecule has 1 saturated heterocycles. The van der Waals surface area contributed by atoms with Crippen molar-refractivity contribution >= 4 is 27.3 Å². The molecular formula is C21H27FN4O4S. The lowest BCUT2D eigenvalue weighted by Gasteiger charge is -2.22. The second-order valence-corrected chi connectivity index (χ2v) is 9.23. The van der Waals surface area contributed by atoms with E-state index in [1.54, 1.807) is 26.0 Å². The number of amides is 1. The van der Waals surface area contributed by atoms with Crippen LogP contribution in [0.5, 0.6) is 0 Å². The lowest BCUT2D eigenvalue weighted by Crippen LogP contribution is -2.33. The van der Waals surface area contributed by atoms with E-state index in [1.807, 2.05) is 4.90 Å². The SMILES string of the molecule is CCN(CC)S(=O)(=O)c1ccc(=O)n(CC(=O)Nc2c(F)cccc2N2CCCC2)c1. The molecule has 168 valence electrons. The van der Waals surface area contributed by atoms with Gasteiger partial charge in [-0.05, 0) is 31.0 Å². The van der Waals surface area contributed by atoms with Gasteiger partial charge in [-0.25, -0.2) is 12.8 Å². The Bertz CT molecular complexity index is 1110. The summed E-state index contributed by atoms with van der Waals surface area (Å²) in [5.74, 6) is -1.19. The van der Waals surface area contributed by atoms with Gasteiger partial charge in [-0.15, -0.1) is 0 Å². The molecule has 3 rings (SSSR count). The highest BCUT2D eigenvalue weighted by molar-refractivity contribution is 7.89. The molecule has 1 aliphatic rings. The Morgan fingerprint density at radius 1 is 1.13 bits per heavy atom. The Balaban J connectivity index is 1.84. The van der Waals surface area contributed by atoms with Crippen molar-refractivity contribution in [2.24, 2.45) is 0 Å². The summed E-state index contributed by atoms with van der Waals surface area (Å²) in [6, 6.07) is 6.94. The van der Waals surface area contributed by atoms with E-state index in [1.165, 1.54) is 16.4 Å². The zero-order valence-electron chi connectivity index (χ0n) is 17.7. The maximum absolute atomic E-state index is 14.5. The summed E-state index contributed by atoms with van der Waals surface area (Å²) in [4.78, 5) is 26.8. The third-order valence-corrected chi connectivity index (χ3v) is 7.35. The van der Waals surface area contributed by atoms with E-state index in [0.29, 0.717) is 5.69 Å². The van der Waals surface area contributed by atoms with Crippen molar-refractivity contribution in [3.63, 3.8) is 0 Å². The summed E-state index contributed by atoms with van der Waals surface area (Å²) in [6.45, 7) is 5.12. The largest absolute Gasteiger partial charge is 0.370 e. The number of benzene rings is 1. The molecule has 2 heterocycles. The predicted octanol–water partition coefficient (Wildman–Crippen LogP) is 2.26. The highest BCUT2D eigenvalue weighted by atomic mass is 32.2. The Hall–Kier alpha value is -2.72. The molecule has 8 nitrogen and oxygen atoms in total. The predicted molar refractivity (Wildman–Crippen MR) is 117 cm³/mol. The van der Waals surface area contributed by atoms with Crippen LogP contribution in [-0.2, 0) is 21.4 Å². The summed E-state index contributed by atoms with van der Waals surface area (Å²) in [7, 11) is -3.78. The molecule has 0 aliphatic carbocycles. The molecule has 10 heteroatoms. The molecule has 2 aromatic rings. The molecule has 1 aromatic carbocycles. The molecular weight excluding hydrogens is 423 g/mol. The van der Waals surface area contributed by atoms with Crippen molar-refractivity contribution in [3.05, 3.63) is 52.7 Å². The van der Waals surface area contributed by atoms with E-state index in [4.69, 9.17) is 0 Å². The highest BCUT2D eigenvalue weighted by Crippen LogP contribution is 2.31. The van der Waals surface area contributed by atoms with Crippen LogP contribution in [-0.4, -0.2) is 49.4 Å². The molecule has 0 radical (unpaired) electrons. The third-order valence-electron chi connectivity index (χ3n) is 5.32. The smallest absolute Gasteiger partial charge is 0.251 e. The molecule has 0 spiro atoms. The topological polar surface area (TPSA) is 91.7 Å². The number of para-hydroxylation sites is 1. The van der Waals surface area contributed by atoms with E-state index in [2.05, 4.69) is 5.32 Å². The molecule has 1 aliphatic heterocycles. The lowest BCUT2D eigenvalue weighted by molar-refractivity contribution is -0.116. The molecule has 1 amide bonds. The second-order valence-electron chi connectivity index (χ2n) is 7.30. The summed E-state index contributed by atoms with van der Waals surface area (Å²) in [5, 5.41) is 2.56. The number of aromatic nitrogens is 1. The van der Waals surface area contributed by atoms with Crippen LogP contribution in [0.1, 0.15) is 26.7 Å². The molecule has 1 aromatic heterocycles. The Morgan fingerprint density at radius 3 is 2.45 bits per heavy atom. The van der Waals surface area contributed by atoms with Crippen LogP contribution < -0.4 is 15.8 Å². The van der Waals surface area contributed by atoms with Gasteiger partial charge in [0.2, 0.25) is 15.9 Å². The van der Waals surface area contributed by atoms with Crippen molar-refractivity contribution in [2.75, 3.05) is 36.4 Å². The fourth-order valence-electron chi connectivity index (χ4n) is 3.69. The van der Waals surface area contributed by atoms with Gasteiger partial charge in [-0.3, -0.25) is 9.59 Å².